The van der Waals surface area contributed by atoms with Gasteiger partial charge in [0.1, 0.15) is 0 Å². The maximum absolute atomic E-state index is 6.56. The van der Waals surface area contributed by atoms with Crippen molar-refractivity contribution in [1.82, 2.24) is 9.97 Å². The lowest BCUT2D eigenvalue weighted by Crippen LogP contribution is -2.28. The van der Waals surface area contributed by atoms with Crippen LogP contribution in [0.5, 0.6) is 0 Å². The van der Waals surface area contributed by atoms with Gasteiger partial charge in [0.05, 0.1) is 22.8 Å². The van der Waals surface area contributed by atoms with Crippen LogP contribution in [0.3, 0.4) is 0 Å². The van der Waals surface area contributed by atoms with Crippen molar-refractivity contribution in [2.45, 2.75) is 37.5 Å². The average Bonchev–Trinajstić information content (AvgIpc) is 3.33. The van der Waals surface area contributed by atoms with Gasteiger partial charge in [0.2, 0.25) is 0 Å². The maximum atomic E-state index is 6.56. The Labute approximate surface area is 258 Å². The van der Waals surface area contributed by atoms with E-state index < -0.39 is 0 Å². The molecule has 208 valence electrons. The summed E-state index contributed by atoms with van der Waals surface area (Å²) in [5.41, 5.74) is 13.3. The van der Waals surface area contributed by atoms with Gasteiger partial charge in [-0.15, -0.1) is 0 Å². The highest BCUT2D eigenvalue weighted by molar-refractivity contribution is 6.31. The summed E-state index contributed by atoms with van der Waals surface area (Å²) in [4.78, 5) is 10.9. The van der Waals surface area contributed by atoms with Gasteiger partial charge in [-0.3, -0.25) is 0 Å². The fourth-order valence-corrected chi connectivity index (χ4v) is 7.52. The first-order chi connectivity index (χ1) is 21.2. The summed E-state index contributed by atoms with van der Waals surface area (Å²) in [6.07, 6.45) is 6.11. The second-order valence-electron chi connectivity index (χ2n) is 11.8. The molecule has 1 aromatic heterocycles. The molecule has 2 nitrogen and oxygen atoms in total. The second kappa shape index (κ2) is 10.6. The summed E-state index contributed by atoms with van der Waals surface area (Å²) in [7, 11) is 0. The molecule has 0 radical (unpaired) electrons. The molecule has 0 aliphatic heterocycles. The van der Waals surface area contributed by atoms with Gasteiger partial charge >= 0.3 is 0 Å². The summed E-state index contributed by atoms with van der Waals surface area (Å²) in [6, 6.07) is 44.8. The van der Waals surface area contributed by atoms with Gasteiger partial charge in [0.25, 0.3) is 0 Å². The lowest BCUT2D eigenvalue weighted by atomic mass is 9.67. The van der Waals surface area contributed by atoms with Crippen molar-refractivity contribution >= 4 is 11.6 Å². The fourth-order valence-electron chi connectivity index (χ4n) is 7.35. The van der Waals surface area contributed by atoms with Crippen molar-refractivity contribution in [2.24, 2.45) is 0 Å². The molecule has 0 saturated heterocycles. The molecular weight excluding hydrogens is 544 g/mol. The predicted octanol–water partition coefficient (Wildman–Crippen LogP) is 11.0. The standard InChI is InChI=1S/C40H31ClN2/c41-31-20-22-34-33(26-31)32-21-19-30(25-35(32)40(34)23-11-4-12-24-40)39-38(29-17-9-3-10-18-29)42-36(27-13-5-1-6-14-27)37(43-39)28-15-7-2-8-16-28/h1-3,5-10,13-22,25-26H,4,11-12,23-24H2. The quantitative estimate of drug-likeness (QED) is 0.209. The molecule has 0 atom stereocenters. The third-order valence-electron chi connectivity index (χ3n) is 9.34. The van der Waals surface area contributed by atoms with Gasteiger partial charge in [0, 0.05) is 32.7 Å². The smallest absolute Gasteiger partial charge is 0.0973 e. The Kier molecular flexibility index (Phi) is 6.46. The van der Waals surface area contributed by atoms with Crippen LogP contribution in [0, 0.1) is 0 Å². The molecule has 8 rings (SSSR count). The van der Waals surface area contributed by atoms with Crippen molar-refractivity contribution in [2.75, 3.05) is 0 Å². The minimum Gasteiger partial charge on any atom is -0.243 e. The summed E-state index contributed by atoms with van der Waals surface area (Å²) in [5.74, 6) is 0. The fraction of sp³-hybridized carbons (Fsp3) is 0.150. The number of hydrogen-bond donors (Lipinski definition) is 0. The van der Waals surface area contributed by atoms with E-state index in [1.807, 2.05) is 12.1 Å². The van der Waals surface area contributed by atoms with E-state index in [1.165, 1.54) is 41.5 Å². The summed E-state index contributed by atoms with van der Waals surface area (Å²) in [6.45, 7) is 0. The van der Waals surface area contributed by atoms with Gasteiger partial charge in [-0.2, -0.15) is 0 Å². The van der Waals surface area contributed by atoms with E-state index in [9.17, 15) is 0 Å². The lowest BCUT2D eigenvalue weighted by molar-refractivity contribution is 0.353. The van der Waals surface area contributed by atoms with Crippen LogP contribution in [0.15, 0.2) is 127 Å². The van der Waals surface area contributed by atoms with E-state index in [2.05, 4.69) is 115 Å². The Morgan fingerprint density at radius 3 is 1.49 bits per heavy atom. The van der Waals surface area contributed by atoms with Gasteiger partial charge < -0.3 is 0 Å². The van der Waals surface area contributed by atoms with Crippen molar-refractivity contribution < 1.29 is 0 Å². The Morgan fingerprint density at radius 2 is 0.953 bits per heavy atom. The normalized spacial score (nSPS) is 14.8. The topological polar surface area (TPSA) is 25.8 Å². The van der Waals surface area contributed by atoms with Gasteiger partial charge in [-0.05, 0) is 53.3 Å². The zero-order chi connectivity index (χ0) is 28.8. The van der Waals surface area contributed by atoms with Gasteiger partial charge in [-0.1, -0.05) is 140 Å². The molecule has 0 bridgehead atoms. The van der Waals surface area contributed by atoms with E-state index >= 15 is 0 Å². The van der Waals surface area contributed by atoms with Crippen molar-refractivity contribution in [3.05, 3.63) is 144 Å². The van der Waals surface area contributed by atoms with Crippen LogP contribution in [0.25, 0.3) is 56.2 Å². The molecule has 1 spiro atoms. The second-order valence-corrected chi connectivity index (χ2v) is 12.2. The highest BCUT2D eigenvalue weighted by Gasteiger charge is 2.44. The number of fused-ring (bicyclic) bond motifs is 5. The molecule has 3 heteroatoms. The van der Waals surface area contributed by atoms with E-state index in [4.69, 9.17) is 21.6 Å². The predicted molar refractivity (Wildman–Crippen MR) is 178 cm³/mol. The Bertz CT molecular complexity index is 1940. The highest BCUT2D eigenvalue weighted by Crippen LogP contribution is 2.57. The number of rotatable bonds is 4. The SMILES string of the molecule is Clc1ccc2c(c1)-c1ccc(-c3nc(-c4ccccc4)c(-c4ccccc4)nc3-c3ccccc3)cc1C21CCCCC1. The molecule has 0 amide bonds. The molecule has 2 aliphatic rings. The molecule has 1 saturated carbocycles. The first kappa shape index (κ1) is 26.1. The first-order valence-electron chi connectivity index (χ1n) is 15.2. The molecule has 2 aliphatic carbocycles. The van der Waals surface area contributed by atoms with Crippen LogP contribution < -0.4 is 0 Å². The minimum absolute atomic E-state index is 0.0239. The lowest BCUT2D eigenvalue weighted by Gasteiger charge is -2.36. The number of benzene rings is 5. The van der Waals surface area contributed by atoms with E-state index in [0.717, 1.165) is 62.9 Å². The third kappa shape index (κ3) is 4.40. The van der Waals surface area contributed by atoms with Crippen LogP contribution in [-0.2, 0) is 5.41 Å². The summed E-state index contributed by atoms with van der Waals surface area (Å²) < 4.78 is 0. The minimum atomic E-state index is 0.0239. The number of hydrogen-bond acceptors (Lipinski definition) is 2. The molecular formula is C40H31ClN2. The monoisotopic (exact) mass is 574 g/mol. The highest BCUT2D eigenvalue weighted by atomic mass is 35.5. The number of aromatic nitrogens is 2. The number of nitrogens with zero attached hydrogens (tertiary/aromatic N) is 2. The van der Waals surface area contributed by atoms with Crippen molar-refractivity contribution in [3.63, 3.8) is 0 Å². The van der Waals surface area contributed by atoms with Crippen LogP contribution in [-0.4, -0.2) is 9.97 Å². The number of halogens is 1. The molecule has 1 fully saturated rings. The zero-order valence-electron chi connectivity index (χ0n) is 23.9. The van der Waals surface area contributed by atoms with Crippen molar-refractivity contribution in [1.29, 1.82) is 0 Å². The van der Waals surface area contributed by atoms with Gasteiger partial charge in [0.15, 0.2) is 0 Å². The van der Waals surface area contributed by atoms with E-state index in [-0.39, 0.29) is 5.41 Å². The average molecular weight is 575 g/mol. The molecule has 5 aromatic carbocycles. The summed E-state index contributed by atoms with van der Waals surface area (Å²) >= 11 is 6.56. The van der Waals surface area contributed by atoms with Crippen LogP contribution in [0.2, 0.25) is 5.02 Å². The van der Waals surface area contributed by atoms with E-state index in [0.29, 0.717) is 0 Å². The Hall–Kier alpha value is -4.53. The zero-order valence-corrected chi connectivity index (χ0v) is 24.7. The molecule has 0 unspecified atom stereocenters. The maximum Gasteiger partial charge on any atom is 0.0973 e. The Balaban J connectivity index is 1.40. The largest absolute Gasteiger partial charge is 0.243 e. The first-order valence-corrected chi connectivity index (χ1v) is 15.6. The summed E-state index contributed by atoms with van der Waals surface area (Å²) in [5, 5.41) is 0.794. The third-order valence-corrected chi connectivity index (χ3v) is 9.58. The molecule has 0 N–H and O–H groups in total. The molecule has 43 heavy (non-hydrogen) atoms. The molecule has 6 aromatic rings. The van der Waals surface area contributed by atoms with Crippen molar-refractivity contribution in [3.8, 4) is 56.2 Å². The van der Waals surface area contributed by atoms with Gasteiger partial charge in [-0.25, -0.2) is 9.97 Å². The van der Waals surface area contributed by atoms with E-state index in [1.54, 1.807) is 0 Å². The Morgan fingerprint density at radius 1 is 0.442 bits per heavy atom. The molecule has 1 heterocycles. The van der Waals surface area contributed by atoms with Crippen LogP contribution in [0.1, 0.15) is 43.2 Å². The van der Waals surface area contributed by atoms with Crippen LogP contribution >= 0.6 is 11.6 Å². The van der Waals surface area contributed by atoms with Crippen LogP contribution in [0.4, 0.5) is 0 Å².